The maximum absolute atomic E-state index is 11.3. The Labute approximate surface area is 112 Å². The highest BCUT2D eigenvalue weighted by Crippen LogP contribution is 2.38. The Morgan fingerprint density at radius 2 is 1.63 bits per heavy atom. The summed E-state index contributed by atoms with van der Waals surface area (Å²) in [6.45, 7) is 0. The Kier molecular flexibility index (Phi) is 5.44. The highest BCUT2D eigenvalue weighted by atomic mass is 16.5. The Bertz CT molecular complexity index is 422. The Morgan fingerprint density at radius 1 is 1.11 bits per heavy atom. The SMILES string of the molecule is COC(=O)[C@@H](N)Cc1cc(OC)c(OC)c(OC)c1. The largest absolute Gasteiger partial charge is 0.493 e. The number of carbonyl (C=O) groups is 1. The summed E-state index contributed by atoms with van der Waals surface area (Å²) in [5, 5.41) is 0. The molecule has 2 N–H and O–H groups in total. The van der Waals surface area contributed by atoms with Gasteiger partial charge in [0.2, 0.25) is 5.75 Å². The van der Waals surface area contributed by atoms with E-state index in [1.807, 2.05) is 0 Å². The molecule has 0 amide bonds. The van der Waals surface area contributed by atoms with E-state index in [0.29, 0.717) is 23.7 Å². The number of ether oxygens (including phenoxy) is 4. The second-order valence-electron chi connectivity index (χ2n) is 3.87. The van der Waals surface area contributed by atoms with E-state index in [1.54, 1.807) is 12.1 Å². The molecule has 0 aromatic heterocycles. The molecular weight excluding hydrogens is 250 g/mol. The number of esters is 1. The fourth-order valence-corrected chi connectivity index (χ4v) is 1.74. The van der Waals surface area contributed by atoms with E-state index in [-0.39, 0.29) is 0 Å². The normalized spacial score (nSPS) is 11.6. The number of rotatable bonds is 6. The van der Waals surface area contributed by atoms with Gasteiger partial charge in [-0.25, -0.2) is 0 Å². The summed E-state index contributed by atoms with van der Waals surface area (Å²) >= 11 is 0. The third kappa shape index (κ3) is 3.51. The maximum Gasteiger partial charge on any atom is 0.322 e. The van der Waals surface area contributed by atoms with Crippen molar-refractivity contribution in [1.29, 1.82) is 0 Å². The molecule has 1 rings (SSSR count). The van der Waals surface area contributed by atoms with Crippen molar-refractivity contribution < 1.29 is 23.7 Å². The zero-order valence-electron chi connectivity index (χ0n) is 11.6. The summed E-state index contributed by atoms with van der Waals surface area (Å²) in [5.74, 6) is 1.08. The molecular formula is C13H19NO5. The van der Waals surface area contributed by atoms with Crippen LogP contribution in [0.25, 0.3) is 0 Å². The average molecular weight is 269 g/mol. The third-order valence-corrected chi connectivity index (χ3v) is 2.68. The summed E-state index contributed by atoms with van der Waals surface area (Å²) in [7, 11) is 5.89. The van der Waals surface area contributed by atoms with E-state index in [0.717, 1.165) is 5.56 Å². The third-order valence-electron chi connectivity index (χ3n) is 2.68. The minimum Gasteiger partial charge on any atom is -0.493 e. The zero-order valence-corrected chi connectivity index (χ0v) is 11.6. The van der Waals surface area contributed by atoms with Crippen molar-refractivity contribution in [3.63, 3.8) is 0 Å². The van der Waals surface area contributed by atoms with Crippen LogP contribution in [0.5, 0.6) is 17.2 Å². The number of benzene rings is 1. The monoisotopic (exact) mass is 269 g/mol. The molecule has 19 heavy (non-hydrogen) atoms. The van der Waals surface area contributed by atoms with Crippen LogP contribution in [-0.2, 0) is 16.0 Å². The number of nitrogens with two attached hydrogens (primary N) is 1. The van der Waals surface area contributed by atoms with Crippen LogP contribution in [0, 0.1) is 0 Å². The van der Waals surface area contributed by atoms with E-state index in [4.69, 9.17) is 19.9 Å². The van der Waals surface area contributed by atoms with Crippen LogP contribution in [0.1, 0.15) is 5.56 Å². The first kappa shape index (κ1) is 15.1. The van der Waals surface area contributed by atoms with Gasteiger partial charge in [-0.1, -0.05) is 0 Å². The second kappa shape index (κ2) is 6.84. The molecule has 6 heteroatoms. The number of hydrogen-bond donors (Lipinski definition) is 1. The van der Waals surface area contributed by atoms with Crippen molar-refractivity contribution in [1.82, 2.24) is 0 Å². The molecule has 0 fully saturated rings. The lowest BCUT2D eigenvalue weighted by atomic mass is 10.1. The molecule has 0 radical (unpaired) electrons. The lowest BCUT2D eigenvalue weighted by Crippen LogP contribution is -2.33. The van der Waals surface area contributed by atoms with E-state index >= 15 is 0 Å². The molecule has 0 saturated carbocycles. The van der Waals surface area contributed by atoms with Crippen LogP contribution in [-0.4, -0.2) is 40.5 Å². The van der Waals surface area contributed by atoms with Gasteiger partial charge in [0.1, 0.15) is 6.04 Å². The van der Waals surface area contributed by atoms with E-state index < -0.39 is 12.0 Å². The minimum absolute atomic E-state index is 0.323. The molecule has 0 saturated heterocycles. The molecule has 1 atom stereocenters. The van der Waals surface area contributed by atoms with Gasteiger partial charge in [-0.3, -0.25) is 4.79 Å². The van der Waals surface area contributed by atoms with Crippen molar-refractivity contribution in [3.05, 3.63) is 17.7 Å². The molecule has 0 heterocycles. The fourth-order valence-electron chi connectivity index (χ4n) is 1.74. The average Bonchev–Trinajstić information content (AvgIpc) is 2.44. The van der Waals surface area contributed by atoms with Crippen LogP contribution in [0.4, 0.5) is 0 Å². The van der Waals surface area contributed by atoms with Gasteiger partial charge < -0.3 is 24.7 Å². The van der Waals surface area contributed by atoms with Gasteiger partial charge in [-0.05, 0) is 24.1 Å². The van der Waals surface area contributed by atoms with Crippen LogP contribution >= 0.6 is 0 Å². The number of hydrogen-bond acceptors (Lipinski definition) is 6. The fraction of sp³-hybridized carbons (Fsp3) is 0.462. The number of carbonyl (C=O) groups excluding carboxylic acids is 1. The van der Waals surface area contributed by atoms with Crippen LogP contribution in [0.3, 0.4) is 0 Å². The molecule has 0 aliphatic rings. The van der Waals surface area contributed by atoms with Gasteiger partial charge in [0.05, 0.1) is 28.4 Å². The molecule has 1 aromatic carbocycles. The lowest BCUT2D eigenvalue weighted by molar-refractivity contribution is -0.142. The second-order valence-corrected chi connectivity index (χ2v) is 3.87. The summed E-state index contributed by atoms with van der Waals surface area (Å²) in [4.78, 5) is 11.3. The van der Waals surface area contributed by atoms with E-state index in [2.05, 4.69) is 4.74 Å². The first-order valence-electron chi connectivity index (χ1n) is 5.69. The summed E-state index contributed by atoms with van der Waals surface area (Å²) in [6, 6.07) is 2.78. The van der Waals surface area contributed by atoms with Gasteiger partial charge in [-0.15, -0.1) is 0 Å². The van der Waals surface area contributed by atoms with Crippen molar-refractivity contribution in [2.24, 2.45) is 5.73 Å². The Balaban J connectivity index is 3.06. The van der Waals surface area contributed by atoms with Gasteiger partial charge in [0, 0.05) is 0 Å². The van der Waals surface area contributed by atoms with Crippen molar-refractivity contribution in [3.8, 4) is 17.2 Å². The first-order valence-corrected chi connectivity index (χ1v) is 5.69. The van der Waals surface area contributed by atoms with Gasteiger partial charge >= 0.3 is 5.97 Å². The smallest absolute Gasteiger partial charge is 0.322 e. The van der Waals surface area contributed by atoms with Crippen molar-refractivity contribution >= 4 is 5.97 Å². The van der Waals surface area contributed by atoms with Crippen molar-refractivity contribution in [2.75, 3.05) is 28.4 Å². The predicted molar refractivity (Wildman–Crippen MR) is 69.8 cm³/mol. The van der Waals surface area contributed by atoms with Gasteiger partial charge in [-0.2, -0.15) is 0 Å². The number of methoxy groups -OCH3 is 4. The lowest BCUT2D eigenvalue weighted by Gasteiger charge is -2.15. The van der Waals surface area contributed by atoms with Crippen molar-refractivity contribution in [2.45, 2.75) is 12.5 Å². The molecule has 106 valence electrons. The molecule has 0 spiro atoms. The van der Waals surface area contributed by atoms with Crippen LogP contribution in [0.2, 0.25) is 0 Å². The maximum atomic E-state index is 11.3. The molecule has 0 aliphatic heterocycles. The summed E-state index contributed by atoms with van der Waals surface area (Å²) < 4.78 is 20.3. The van der Waals surface area contributed by atoms with Gasteiger partial charge in [0.15, 0.2) is 11.5 Å². The summed E-state index contributed by atoms with van der Waals surface area (Å²) in [6.07, 6.45) is 0.323. The quantitative estimate of drug-likeness (QED) is 0.768. The standard InChI is InChI=1S/C13H19NO5/c1-16-10-6-8(5-9(14)13(15)19-4)7-11(17-2)12(10)18-3/h6-7,9H,5,14H2,1-4H3/t9-/m0/s1. The Hall–Kier alpha value is -1.95. The van der Waals surface area contributed by atoms with Crippen LogP contribution in [0.15, 0.2) is 12.1 Å². The van der Waals surface area contributed by atoms with Gasteiger partial charge in [0.25, 0.3) is 0 Å². The zero-order chi connectivity index (χ0) is 14.4. The minimum atomic E-state index is -0.729. The highest BCUT2D eigenvalue weighted by molar-refractivity contribution is 5.75. The van der Waals surface area contributed by atoms with E-state index in [1.165, 1.54) is 28.4 Å². The molecule has 0 aliphatic carbocycles. The highest BCUT2D eigenvalue weighted by Gasteiger charge is 2.18. The molecule has 1 aromatic rings. The predicted octanol–water partition coefficient (Wildman–Crippen LogP) is 0.755. The topological polar surface area (TPSA) is 80.0 Å². The summed E-state index contributed by atoms with van der Waals surface area (Å²) in [5.41, 5.74) is 6.52. The first-order chi connectivity index (χ1) is 9.07. The van der Waals surface area contributed by atoms with Crippen LogP contribution < -0.4 is 19.9 Å². The molecule has 0 bridgehead atoms. The molecule has 6 nitrogen and oxygen atoms in total. The molecule has 0 unspecified atom stereocenters. The Morgan fingerprint density at radius 3 is 2.00 bits per heavy atom. The van der Waals surface area contributed by atoms with E-state index in [9.17, 15) is 4.79 Å².